The molecular formula is C19H20N2O5. The first-order valence-corrected chi connectivity index (χ1v) is 8.65. The third kappa shape index (κ3) is 2.00. The molecule has 0 bridgehead atoms. The van der Waals surface area contributed by atoms with E-state index in [1.165, 1.54) is 19.2 Å². The van der Waals surface area contributed by atoms with Crippen molar-refractivity contribution in [3.8, 4) is 0 Å². The predicted octanol–water partition coefficient (Wildman–Crippen LogP) is 1.50. The van der Waals surface area contributed by atoms with E-state index >= 15 is 0 Å². The van der Waals surface area contributed by atoms with E-state index in [9.17, 15) is 14.4 Å². The Hall–Kier alpha value is -2.67. The van der Waals surface area contributed by atoms with Crippen LogP contribution in [0.1, 0.15) is 31.2 Å². The van der Waals surface area contributed by atoms with Crippen LogP contribution in [0.5, 0.6) is 0 Å². The molecule has 0 aliphatic carbocycles. The molecule has 1 aromatic carbocycles. The van der Waals surface area contributed by atoms with E-state index in [4.69, 9.17) is 9.47 Å². The number of hydrogen-bond donors (Lipinski definition) is 0. The molecule has 3 aliphatic heterocycles. The molecule has 2 fully saturated rings. The summed E-state index contributed by atoms with van der Waals surface area (Å²) in [4.78, 5) is 38.1. The molecule has 7 nitrogen and oxygen atoms in total. The van der Waals surface area contributed by atoms with Crippen molar-refractivity contribution in [2.45, 2.75) is 37.3 Å². The molecule has 0 spiro atoms. The number of amides is 1. The summed E-state index contributed by atoms with van der Waals surface area (Å²) >= 11 is 0. The van der Waals surface area contributed by atoms with Crippen LogP contribution in [0.15, 0.2) is 41.6 Å². The number of benzene rings is 1. The summed E-state index contributed by atoms with van der Waals surface area (Å²) in [7, 11) is 2.53. The number of piperidine rings is 1. The van der Waals surface area contributed by atoms with Gasteiger partial charge in [-0.2, -0.15) is 5.01 Å². The molecule has 136 valence electrons. The van der Waals surface area contributed by atoms with Crippen LogP contribution in [-0.4, -0.2) is 48.1 Å². The van der Waals surface area contributed by atoms with E-state index in [-0.39, 0.29) is 23.2 Å². The van der Waals surface area contributed by atoms with Gasteiger partial charge in [0.25, 0.3) is 0 Å². The molecule has 26 heavy (non-hydrogen) atoms. The van der Waals surface area contributed by atoms with Crippen LogP contribution in [0, 0.1) is 0 Å². The highest BCUT2D eigenvalue weighted by atomic mass is 16.5. The number of carbonyl (C=O) groups is 3. The average Bonchev–Trinajstić information content (AvgIpc) is 3.18. The molecule has 0 unspecified atom stereocenters. The topological polar surface area (TPSA) is 76.2 Å². The van der Waals surface area contributed by atoms with Crippen molar-refractivity contribution in [3.63, 3.8) is 0 Å². The highest BCUT2D eigenvalue weighted by molar-refractivity contribution is 6.06. The number of esters is 2. The van der Waals surface area contributed by atoms with Gasteiger partial charge in [-0.25, -0.2) is 14.6 Å². The number of nitrogens with zero attached hydrogens (tertiary/aromatic N) is 2. The van der Waals surface area contributed by atoms with E-state index in [1.807, 2.05) is 35.3 Å². The molecule has 1 amide bonds. The quantitative estimate of drug-likeness (QED) is 0.764. The summed E-state index contributed by atoms with van der Waals surface area (Å²) in [5, 5.41) is 3.27. The predicted molar refractivity (Wildman–Crippen MR) is 90.1 cm³/mol. The molecular weight excluding hydrogens is 336 g/mol. The van der Waals surface area contributed by atoms with Crippen LogP contribution in [0.4, 0.5) is 0 Å². The van der Waals surface area contributed by atoms with Gasteiger partial charge in [-0.1, -0.05) is 30.3 Å². The summed E-state index contributed by atoms with van der Waals surface area (Å²) in [6.07, 6.45) is 2.61. The molecule has 3 heterocycles. The summed E-state index contributed by atoms with van der Waals surface area (Å²) < 4.78 is 9.95. The number of methoxy groups -OCH3 is 2. The summed E-state index contributed by atoms with van der Waals surface area (Å²) in [5.74, 6) is -1.52. The Balaban J connectivity index is 2.05. The maximum atomic E-state index is 12.8. The van der Waals surface area contributed by atoms with Crippen molar-refractivity contribution in [1.82, 2.24) is 10.0 Å². The smallest absolute Gasteiger partial charge is 0.356 e. The number of hydrogen-bond acceptors (Lipinski definition) is 6. The van der Waals surface area contributed by atoms with Gasteiger partial charge in [0.15, 0.2) is 5.70 Å². The summed E-state index contributed by atoms with van der Waals surface area (Å²) in [6.45, 7) is 0. The molecule has 2 atom stereocenters. The zero-order valence-corrected chi connectivity index (χ0v) is 14.7. The average molecular weight is 356 g/mol. The van der Waals surface area contributed by atoms with Crippen molar-refractivity contribution < 1.29 is 23.9 Å². The Morgan fingerprint density at radius 3 is 2.46 bits per heavy atom. The minimum atomic E-state index is -0.896. The lowest BCUT2D eigenvalue weighted by molar-refractivity contribution is -0.151. The normalized spacial score (nSPS) is 27.5. The minimum absolute atomic E-state index is 0.0161. The van der Waals surface area contributed by atoms with Crippen LogP contribution >= 0.6 is 0 Å². The summed E-state index contributed by atoms with van der Waals surface area (Å²) in [5.41, 5.74) is 0.143. The molecule has 2 saturated heterocycles. The van der Waals surface area contributed by atoms with Crippen LogP contribution in [0.25, 0.3) is 0 Å². The van der Waals surface area contributed by atoms with Crippen molar-refractivity contribution in [2.75, 3.05) is 14.2 Å². The maximum absolute atomic E-state index is 12.8. The number of rotatable bonds is 3. The van der Waals surface area contributed by atoms with Crippen molar-refractivity contribution in [3.05, 3.63) is 47.2 Å². The lowest BCUT2D eigenvalue weighted by Gasteiger charge is -2.46. The second-order valence-corrected chi connectivity index (χ2v) is 6.73. The Kier molecular flexibility index (Phi) is 3.84. The third-order valence-corrected chi connectivity index (χ3v) is 5.56. The highest BCUT2D eigenvalue weighted by Crippen LogP contribution is 2.56. The van der Waals surface area contributed by atoms with Gasteiger partial charge in [0, 0.05) is 12.5 Å². The zero-order chi connectivity index (χ0) is 18.5. The standard InChI is InChI=1S/C19H20N2O5/c1-25-17(23)15-16(18(24)26-2)20-14(22)11-13-9-6-10-19(15,21(13)20)12-7-4-3-5-8-12/h3-5,7-8,13H,6,9-11H2,1-2H3/t13-,19+/m0/s1. The SMILES string of the molecule is COC(=O)C1=C(C(=O)OC)[C@]2(c3ccccc3)CCC[C@H]3CC(=O)N1N32. The fourth-order valence-electron chi connectivity index (χ4n) is 4.63. The molecule has 7 heteroatoms. The largest absolute Gasteiger partial charge is 0.466 e. The van der Waals surface area contributed by atoms with E-state index in [1.54, 1.807) is 0 Å². The number of ether oxygens (including phenoxy) is 2. The van der Waals surface area contributed by atoms with Gasteiger partial charge >= 0.3 is 11.9 Å². The molecule has 1 aromatic rings. The van der Waals surface area contributed by atoms with E-state index in [0.717, 1.165) is 18.4 Å². The van der Waals surface area contributed by atoms with E-state index in [0.29, 0.717) is 12.8 Å². The van der Waals surface area contributed by atoms with Gasteiger partial charge < -0.3 is 9.47 Å². The fraction of sp³-hybridized carbons (Fsp3) is 0.421. The first-order valence-electron chi connectivity index (χ1n) is 8.65. The second-order valence-electron chi connectivity index (χ2n) is 6.73. The fourth-order valence-corrected chi connectivity index (χ4v) is 4.63. The Morgan fingerprint density at radius 2 is 1.81 bits per heavy atom. The second kappa shape index (κ2) is 5.95. The zero-order valence-electron chi connectivity index (χ0n) is 14.7. The number of carbonyl (C=O) groups excluding carboxylic acids is 3. The maximum Gasteiger partial charge on any atom is 0.356 e. The lowest BCUT2D eigenvalue weighted by Crippen LogP contribution is -2.54. The van der Waals surface area contributed by atoms with Gasteiger partial charge in [0.1, 0.15) is 5.54 Å². The van der Waals surface area contributed by atoms with Gasteiger partial charge in [-0.15, -0.1) is 0 Å². The molecule has 3 aliphatic rings. The van der Waals surface area contributed by atoms with Crippen molar-refractivity contribution in [1.29, 1.82) is 0 Å². The molecule has 0 saturated carbocycles. The molecule has 0 radical (unpaired) electrons. The van der Waals surface area contributed by atoms with Gasteiger partial charge in [-0.3, -0.25) is 4.79 Å². The molecule has 4 rings (SSSR count). The Morgan fingerprint density at radius 1 is 1.12 bits per heavy atom. The number of hydrazine groups is 1. The summed E-state index contributed by atoms with van der Waals surface area (Å²) in [6, 6.07) is 9.46. The van der Waals surface area contributed by atoms with Crippen LogP contribution in [0.2, 0.25) is 0 Å². The lowest BCUT2D eigenvalue weighted by atomic mass is 9.74. The van der Waals surface area contributed by atoms with Crippen LogP contribution in [-0.2, 0) is 29.4 Å². The van der Waals surface area contributed by atoms with Gasteiger partial charge in [0.05, 0.1) is 19.8 Å². The third-order valence-electron chi connectivity index (χ3n) is 5.56. The van der Waals surface area contributed by atoms with E-state index < -0.39 is 17.5 Å². The minimum Gasteiger partial charge on any atom is -0.466 e. The van der Waals surface area contributed by atoms with Gasteiger partial charge in [-0.05, 0) is 24.8 Å². The Bertz CT molecular complexity index is 818. The van der Waals surface area contributed by atoms with Crippen LogP contribution < -0.4 is 0 Å². The monoisotopic (exact) mass is 356 g/mol. The van der Waals surface area contributed by atoms with Gasteiger partial charge in [0.2, 0.25) is 5.91 Å². The first-order chi connectivity index (χ1) is 12.6. The first kappa shape index (κ1) is 16.8. The molecule has 0 aromatic heterocycles. The Labute approximate surface area is 151 Å². The van der Waals surface area contributed by atoms with Crippen LogP contribution in [0.3, 0.4) is 0 Å². The van der Waals surface area contributed by atoms with E-state index in [2.05, 4.69) is 0 Å². The van der Waals surface area contributed by atoms with Crippen molar-refractivity contribution in [2.24, 2.45) is 0 Å². The highest BCUT2D eigenvalue weighted by Gasteiger charge is 2.64. The van der Waals surface area contributed by atoms with Crippen molar-refractivity contribution >= 4 is 17.8 Å². The molecule has 0 N–H and O–H groups in total.